The Morgan fingerprint density at radius 3 is 2.88 bits per heavy atom. The topological polar surface area (TPSA) is 53.3 Å². The first-order chi connectivity index (χ1) is 12.8. The van der Waals surface area contributed by atoms with Gasteiger partial charge in [-0.3, -0.25) is 0 Å². The molecule has 0 bridgehead atoms. The van der Waals surface area contributed by atoms with Crippen LogP contribution in [0.2, 0.25) is 0 Å². The van der Waals surface area contributed by atoms with E-state index in [1.807, 2.05) is 30.5 Å². The summed E-state index contributed by atoms with van der Waals surface area (Å²) >= 11 is 5.32. The van der Waals surface area contributed by atoms with Crippen molar-refractivity contribution in [3.05, 3.63) is 72.3 Å². The Morgan fingerprint density at radius 2 is 2.08 bits per heavy atom. The van der Waals surface area contributed by atoms with E-state index in [1.165, 1.54) is 11.3 Å². The van der Waals surface area contributed by atoms with E-state index < -0.39 is 0 Å². The fraction of sp³-hybridized carbons (Fsp3) is 0.200. The van der Waals surface area contributed by atoms with Gasteiger partial charge in [-0.2, -0.15) is 0 Å². The average molecular weight is 364 g/mol. The molecule has 0 unspecified atom stereocenters. The molecule has 2 aromatic heterocycles. The summed E-state index contributed by atoms with van der Waals surface area (Å²) < 4.78 is 5.28. The van der Waals surface area contributed by atoms with Gasteiger partial charge in [-0.1, -0.05) is 18.2 Å². The van der Waals surface area contributed by atoms with Gasteiger partial charge in [0.2, 0.25) is 0 Å². The molecule has 0 saturated heterocycles. The van der Waals surface area contributed by atoms with Crippen molar-refractivity contribution in [1.29, 1.82) is 0 Å². The maximum Gasteiger partial charge on any atom is 0.171 e. The molecule has 2 N–H and O–H groups in total. The van der Waals surface area contributed by atoms with E-state index in [9.17, 15) is 0 Å². The smallest absolute Gasteiger partial charge is 0.171 e. The molecule has 0 amide bonds. The first kappa shape index (κ1) is 16.6. The lowest BCUT2D eigenvalue weighted by Gasteiger charge is -2.30. The van der Waals surface area contributed by atoms with Crippen molar-refractivity contribution in [2.75, 3.05) is 16.8 Å². The van der Waals surface area contributed by atoms with Crippen molar-refractivity contribution in [2.24, 2.45) is 0 Å². The molecule has 1 aliphatic rings. The number of benzene rings is 1. The summed E-state index contributed by atoms with van der Waals surface area (Å²) in [4.78, 5) is 6.90. The van der Waals surface area contributed by atoms with Crippen LogP contribution >= 0.6 is 12.2 Å². The fourth-order valence-electron chi connectivity index (χ4n) is 3.15. The summed E-state index contributed by atoms with van der Waals surface area (Å²) in [5.41, 5.74) is 3.49. The van der Waals surface area contributed by atoms with Gasteiger partial charge in [-0.15, -0.1) is 0 Å². The molecule has 0 radical (unpaired) electrons. The minimum atomic E-state index is 0.541. The normalized spacial score (nSPS) is 13.2. The van der Waals surface area contributed by atoms with E-state index in [-0.39, 0.29) is 0 Å². The number of furan rings is 1. The van der Waals surface area contributed by atoms with Crippen LogP contribution in [0.15, 0.2) is 65.4 Å². The molecule has 0 spiro atoms. The second kappa shape index (κ2) is 7.58. The van der Waals surface area contributed by atoms with Crippen LogP contribution in [0.1, 0.15) is 17.7 Å². The summed E-state index contributed by atoms with van der Waals surface area (Å²) in [7, 11) is 0. The standard InChI is InChI=1S/C20H20N4OS/c26-20(22-14-17-7-4-12-25-17)23-16-9-10-19(21-13-16)24-11-3-6-15-5-1-2-8-18(15)24/h1-2,4-5,7-10,12-13H,3,6,11,14H2,(H2,22,23,26). The van der Waals surface area contributed by atoms with Gasteiger partial charge < -0.3 is 20.0 Å². The predicted molar refractivity (Wildman–Crippen MR) is 108 cm³/mol. The predicted octanol–water partition coefficient (Wildman–Crippen LogP) is 4.25. The molecule has 0 saturated carbocycles. The Bertz CT molecular complexity index is 877. The van der Waals surface area contributed by atoms with E-state index in [0.717, 1.165) is 36.7 Å². The van der Waals surface area contributed by atoms with Crippen molar-refractivity contribution >= 4 is 34.5 Å². The van der Waals surface area contributed by atoms with Gasteiger partial charge in [0.1, 0.15) is 11.6 Å². The van der Waals surface area contributed by atoms with E-state index >= 15 is 0 Å². The number of pyridine rings is 1. The molecule has 1 aliphatic heterocycles. The van der Waals surface area contributed by atoms with Crippen LogP contribution in [-0.2, 0) is 13.0 Å². The quantitative estimate of drug-likeness (QED) is 0.675. The molecule has 1 aromatic carbocycles. The molecule has 6 heteroatoms. The third kappa shape index (κ3) is 3.70. The van der Waals surface area contributed by atoms with Crippen LogP contribution in [0.5, 0.6) is 0 Å². The van der Waals surface area contributed by atoms with Crippen molar-refractivity contribution in [3.63, 3.8) is 0 Å². The van der Waals surface area contributed by atoms with Crippen LogP contribution in [0, 0.1) is 0 Å². The second-order valence-electron chi connectivity index (χ2n) is 6.18. The third-order valence-corrected chi connectivity index (χ3v) is 4.64. The molecular formula is C20H20N4OS. The maximum atomic E-state index is 5.32. The van der Waals surface area contributed by atoms with Crippen LogP contribution in [-0.4, -0.2) is 16.6 Å². The average Bonchev–Trinajstić information content (AvgIpc) is 3.20. The van der Waals surface area contributed by atoms with Gasteiger partial charge >= 0.3 is 0 Å². The molecule has 3 heterocycles. The largest absolute Gasteiger partial charge is 0.467 e. The molecule has 0 fully saturated rings. The van der Waals surface area contributed by atoms with Crippen molar-refractivity contribution < 1.29 is 4.42 Å². The second-order valence-corrected chi connectivity index (χ2v) is 6.58. The number of aromatic nitrogens is 1. The number of nitrogens with zero attached hydrogens (tertiary/aromatic N) is 2. The number of aryl methyl sites for hydroxylation is 1. The number of hydrogen-bond acceptors (Lipinski definition) is 4. The van der Waals surface area contributed by atoms with Crippen LogP contribution in [0.4, 0.5) is 17.2 Å². The maximum absolute atomic E-state index is 5.32. The van der Waals surface area contributed by atoms with E-state index in [4.69, 9.17) is 16.6 Å². The monoisotopic (exact) mass is 364 g/mol. The number of thiocarbonyl (C=S) groups is 1. The summed E-state index contributed by atoms with van der Waals surface area (Å²) in [6.07, 6.45) is 5.73. The van der Waals surface area contributed by atoms with Crippen LogP contribution < -0.4 is 15.5 Å². The summed E-state index contributed by atoms with van der Waals surface area (Å²) in [6.45, 7) is 1.54. The highest BCUT2D eigenvalue weighted by atomic mass is 32.1. The zero-order chi connectivity index (χ0) is 17.8. The molecule has 0 aliphatic carbocycles. The van der Waals surface area contributed by atoms with Crippen LogP contribution in [0.3, 0.4) is 0 Å². The number of nitrogens with one attached hydrogen (secondary N) is 2. The third-order valence-electron chi connectivity index (χ3n) is 4.40. The molecule has 26 heavy (non-hydrogen) atoms. The SMILES string of the molecule is S=C(NCc1ccco1)Nc1ccc(N2CCCc3ccccc32)nc1. The molecule has 132 valence electrons. The van der Waals surface area contributed by atoms with E-state index in [2.05, 4.69) is 44.8 Å². The van der Waals surface area contributed by atoms with E-state index in [1.54, 1.807) is 6.26 Å². The van der Waals surface area contributed by atoms with Gasteiger partial charge in [0.05, 0.1) is 24.7 Å². The number of hydrogen-bond donors (Lipinski definition) is 2. The zero-order valence-electron chi connectivity index (χ0n) is 14.3. The van der Waals surface area contributed by atoms with Gasteiger partial charge in [-0.05, 0) is 61.0 Å². The molecule has 0 atom stereocenters. The highest BCUT2D eigenvalue weighted by Gasteiger charge is 2.18. The van der Waals surface area contributed by atoms with Crippen LogP contribution in [0.25, 0.3) is 0 Å². The fourth-order valence-corrected chi connectivity index (χ4v) is 3.34. The van der Waals surface area contributed by atoms with Crippen molar-refractivity contribution in [3.8, 4) is 0 Å². The Kier molecular flexibility index (Phi) is 4.84. The molecular weight excluding hydrogens is 344 g/mol. The highest BCUT2D eigenvalue weighted by Crippen LogP contribution is 2.32. The lowest BCUT2D eigenvalue weighted by Crippen LogP contribution is -2.28. The van der Waals surface area contributed by atoms with Gasteiger partial charge in [0.25, 0.3) is 0 Å². The van der Waals surface area contributed by atoms with Gasteiger partial charge in [0, 0.05) is 12.2 Å². The Balaban J connectivity index is 1.40. The lowest BCUT2D eigenvalue weighted by molar-refractivity contribution is 0.503. The Hall–Kier alpha value is -2.86. The van der Waals surface area contributed by atoms with Crippen molar-refractivity contribution in [2.45, 2.75) is 19.4 Å². The van der Waals surface area contributed by atoms with Crippen molar-refractivity contribution in [1.82, 2.24) is 10.3 Å². The zero-order valence-corrected chi connectivity index (χ0v) is 15.1. The number of para-hydroxylation sites is 1. The first-order valence-corrected chi connectivity index (χ1v) is 9.09. The Morgan fingerprint density at radius 1 is 1.15 bits per heavy atom. The Labute approximate surface area is 158 Å². The minimum Gasteiger partial charge on any atom is -0.467 e. The summed E-state index contributed by atoms with van der Waals surface area (Å²) in [6, 6.07) is 16.3. The van der Waals surface area contributed by atoms with E-state index in [0.29, 0.717) is 11.7 Å². The summed E-state index contributed by atoms with van der Waals surface area (Å²) in [5.74, 6) is 1.79. The minimum absolute atomic E-state index is 0.541. The van der Waals surface area contributed by atoms with Gasteiger partial charge in [0.15, 0.2) is 5.11 Å². The summed E-state index contributed by atoms with van der Waals surface area (Å²) in [5, 5.41) is 6.81. The number of fused-ring (bicyclic) bond motifs is 1. The molecule has 5 nitrogen and oxygen atoms in total. The molecule has 4 rings (SSSR count). The number of rotatable bonds is 4. The number of anilines is 3. The lowest BCUT2D eigenvalue weighted by atomic mass is 10.0. The van der Waals surface area contributed by atoms with Gasteiger partial charge in [-0.25, -0.2) is 4.98 Å². The first-order valence-electron chi connectivity index (χ1n) is 8.68. The molecule has 3 aromatic rings. The highest BCUT2D eigenvalue weighted by molar-refractivity contribution is 7.80.